The summed E-state index contributed by atoms with van der Waals surface area (Å²) in [5.41, 5.74) is 0.212. The van der Waals surface area contributed by atoms with Gasteiger partial charge in [0.25, 0.3) is 0 Å². The molecule has 0 saturated carbocycles. The van der Waals surface area contributed by atoms with Crippen LogP contribution >= 0.6 is 11.3 Å². The quantitative estimate of drug-likeness (QED) is 0.695. The predicted octanol–water partition coefficient (Wildman–Crippen LogP) is 0.627. The molecule has 0 aliphatic rings. The first kappa shape index (κ1) is 14.3. The fraction of sp³-hybridized carbons (Fsp3) is 0.583. The molecule has 0 spiro atoms. The lowest BCUT2D eigenvalue weighted by molar-refractivity contribution is 0.0858. The van der Waals surface area contributed by atoms with Crippen LogP contribution in [0.3, 0.4) is 0 Å². The minimum Gasteiger partial charge on any atom is -0.480 e. The van der Waals surface area contributed by atoms with Crippen LogP contribution in [0.2, 0.25) is 0 Å². The fourth-order valence-corrected chi connectivity index (χ4v) is 2.64. The van der Waals surface area contributed by atoms with Crippen molar-refractivity contribution in [3.05, 3.63) is 17.3 Å². The van der Waals surface area contributed by atoms with E-state index in [0.717, 1.165) is 10.7 Å². The number of methoxy groups -OCH3 is 1. The summed E-state index contributed by atoms with van der Waals surface area (Å²) in [6.45, 7) is 2.16. The summed E-state index contributed by atoms with van der Waals surface area (Å²) in [7, 11) is 1.58. The standard InChI is InChI=1S/C12H19N3O3S/c1-3-12(7-16,8-17)13-6-9-10(18-2)14-11-15(9)4-5-19-11/h4-5,13,16-17H,3,6-8H2,1-2H3. The summed E-state index contributed by atoms with van der Waals surface area (Å²) in [5, 5.41) is 24.0. The molecule has 0 saturated heterocycles. The first-order chi connectivity index (χ1) is 9.19. The highest BCUT2D eigenvalue weighted by atomic mass is 32.1. The van der Waals surface area contributed by atoms with E-state index >= 15 is 0 Å². The molecule has 0 fully saturated rings. The number of aliphatic hydroxyl groups excluding tert-OH is 2. The van der Waals surface area contributed by atoms with Crippen molar-refractivity contribution in [1.29, 1.82) is 0 Å². The van der Waals surface area contributed by atoms with Gasteiger partial charge in [-0.3, -0.25) is 4.40 Å². The summed E-state index contributed by atoms with van der Waals surface area (Å²) in [5.74, 6) is 0.570. The van der Waals surface area contributed by atoms with Gasteiger partial charge in [0.15, 0.2) is 4.96 Å². The van der Waals surface area contributed by atoms with Gasteiger partial charge in [-0.1, -0.05) is 6.92 Å². The maximum Gasteiger partial charge on any atom is 0.237 e. The monoisotopic (exact) mass is 285 g/mol. The Bertz CT molecular complexity index is 525. The normalized spacial score (nSPS) is 12.2. The molecule has 0 atom stereocenters. The summed E-state index contributed by atoms with van der Waals surface area (Å²) < 4.78 is 7.21. The van der Waals surface area contributed by atoms with E-state index in [1.807, 2.05) is 22.9 Å². The molecule has 0 radical (unpaired) electrons. The maximum absolute atomic E-state index is 9.43. The van der Waals surface area contributed by atoms with Gasteiger partial charge in [0.2, 0.25) is 5.88 Å². The van der Waals surface area contributed by atoms with Gasteiger partial charge in [-0.05, 0) is 6.42 Å². The molecule has 2 rings (SSSR count). The first-order valence-corrected chi connectivity index (χ1v) is 7.03. The molecule has 106 valence electrons. The largest absolute Gasteiger partial charge is 0.480 e. The van der Waals surface area contributed by atoms with Crippen molar-refractivity contribution in [2.75, 3.05) is 20.3 Å². The number of ether oxygens (including phenoxy) is 1. The van der Waals surface area contributed by atoms with Crippen LogP contribution in [-0.2, 0) is 6.54 Å². The Morgan fingerprint density at radius 3 is 2.79 bits per heavy atom. The van der Waals surface area contributed by atoms with Gasteiger partial charge in [0, 0.05) is 18.1 Å². The Kier molecular flexibility index (Phi) is 4.41. The number of nitrogens with one attached hydrogen (secondary N) is 1. The topological polar surface area (TPSA) is 79.0 Å². The summed E-state index contributed by atoms with van der Waals surface area (Å²) in [6, 6.07) is 0. The van der Waals surface area contributed by atoms with E-state index in [4.69, 9.17) is 4.74 Å². The zero-order valence-corrected chi connectivity index (χ0v) is 11.9. The smallest absolute Gasteiger partial charge is 0.237 e. The van der Waals surface area contributed by atoms with Crippen LogP contribution in [0.1, 0.15) is 19.0 Å². The van der Waals surface area contributed by atoms with Gasteiger partial charge in [-0.2, -0.15) is 4.98 Å². The number of nitrogens with zero attached hydrogens (tertiary/aromatic N) is 2. The molecule has 0 aromatic carbocycles. The molecular formula is C12H19N3O3S. The van der Waals surface area contributed by atoms with E-state index < -0.39 is 5.54 Å². The molecule has 7 heteroatoms. The van der Waals surface area contributed by atoms with E-state index in [0.29, 0.717) is 18.8 Å². The number of hydrogen-bond acceptors (Lipinski definition) is 6. The van der Waals surface area contributed by atoms with E-state index in [2.05, 4.69) is 10.3 Å². The van der Waals surface area contributed by atoms with Crippen LogP contribution in [0.4, 0.5) is 0 Å². The molecule has 3 N–H and O–H groups in total. The van der Waals surface area contributed by atoms with Gasteiger partial charge in [-0.15, -0.1) is 11.3 Å². The highest BCUT2D eigenvalue weighted by molar-refractivity contribution is 7.15. The summed E-state index contributed by atoms with van der Waals surface area (Å²) >= 11 is 1.53. The lowest BCUT2D eigenvalue weighted by Crippen LogP contribution is -2.50. The third-order valence-corrected chi connectivity index (χ3v) is 4.19. The van der Waals surface area contributed by atoms with E-state index in [1.165, 1.54) is 11.3 Å². The fourth-order valence-electron chi connectivity index (χ4n) is 1.92. The van der Waals surface area contributed by atoms with Gasteiger partial charge >= 0.3 is 0 Å². The number of aromatic nitrogens is 2. The van der Waals surface area contributed by atoms with Gasteiger partial charge in [-0.25, -0.2) is 0 Å². The third-order valence-electron chi connectivity index (χ3n) is 3.43. The molecule has 2 aromatic heterocycles. The molecule has 0 amide bonds. The zero-order valence-electron chi connectivity index (χ0n) is 11.1. The van der Waals surface area contributed by atoms with Crippen LogP contribution in [0.5, 0.6) is 5.88 Å². The van der Waals surface area contributed by atoms with Crippen molar-refractivity contribution >= 4 is 16.3 Å². The minimum absolute atomic E-state index is 0.117. The number of aliphatic hydroxyl groups is 2. The predicted molar refractivity (Wildman–Crippen MR) is 73.7 cm³/mol. The van der Waals surface area contributed by atoms with E-state index in [1.54, 1.807) is 7.11 Å². The van der Waals surface area contributed by atoms with Crippen molar-refractivity contribution in [1.82, 2.24) is 14.7 Å². The summed E-state index contributed by atoms with van der Waals surface area (Å²) in [4.78, 5) is 5.23. The second-order valence-corrected chi connectivity index (χ2v) is 5.30. The van der Waals surface area contributed by atoms with Gasteiger partial charge < -0.3 is 20.3 Å². The molecule has 0 bridgehead atoms. The van der Waals surface area contributed by atoms with Crippen LogP contribution < -0.4 is 10.1 Å². The average molecular weight is 285 g/mol. The highest BCUT2D eigenvalue weighted by Gasteiger charge is 2.27. The van der Waals surface area contributed by atoms with Crippen LogP contribution in [0.15, 0.2) is 11.6 Å². The maximum atomic E-state index is 9.43. The van der Waals surface area contributed by atoms with E-state index in [9.17, 15) is 10.2 Å². The molecular weight excluding hydrogens is 266 g/mol. The third kappa shape index (κ3) is 2.59. The molecule has 19 heavy (non-hydrogen) atoms. The lowest BCUT2D eigenvalue weighted by atomic mass is 9.98. The number of thiazole rings is 1. The molecule has 0 unspecified atom stereocenters. The lowest BCUT2D eigenvalue weighted by Gasteiger charge is -2.29. The Morgan fingerprint density at radius 2 is 2.21 bits per heavy atom. The Labute approximate surface area is 115 Å². The minimum atomic E-state index is -0.675. The SMILES string of the molecule is CCC(CO)(CO)NCc1c(OC)nc2sccn12. The second-order valence-electron chi connectivity index (χ2n) is 4.43. The van der Waals surface area contributed by atoms with Crippen LogP contribution in [0, 0.1) is 0 Å². The number of rotatable bonds is 7. The van der Waals surface area contributed by atoms with Crippen molar-refractivity contribution in [2.24, 2.45) is 0 Å². The van der Waals surface area contributed by atoms with Crippen LogP contribution in [0.25, 0.3) is 4.96 Å². The number of imidazole rings is 1. The molecule has 0 aliphatic heterocycles. The van der Waals surface area contributed by atoms with Crippen molar-refractivity contribution < 1.29 is 14.9 Å². The number of hydrogen-bond donors (Lipinski definition) is 3. The van der Waals surface area contributed by atoms with E-state index in [-0.39, 0.29) is 13.2 Å². The summed E-state index contributed by atoms with van der Waals surface area (Å²) in [6.07, 6.45) is 2.56. The molecule has 6 nitrogen and oxygen atoms in total. The number of fused-ring (bicyclic) bond motifs is 1. The average Bonchev–Trinajstić information content (AvgIpc) is 3.02. The molecule has 2 aromatic rings. The first-order valence-electron chi connectivity index (χ1n) is 6.15. The Balaban J connectivity index is 2.22. The van der Waals surface area contributed by atoms with Gasteiger partial charge in [0.1, 0.15) is 5.69 Å². The zero-order chi connectivity index (χ0) is 13.9. The van der Waals surface area contributed by atoms with Crippen molar-refractivity contribution in [2.45, 2.75) is 25.4 Å². The molecule has 2 heterocycles. The molecule has 0 aliphatic carbocycles. The van der Waals surface area contributed by atoms with Crippen molar-refractivity contribution in [3.8, 4) is 5.88 Å². The Hall–Kier alpha value is -1.15. The highest BCUT2D eigenvalue weighted by Crippen LogP contribution is 2.23. The van der Waals surface area contributed by atoms with Gasteiger partial charge in [0.05, 0.1) is 25.9 Å². The van der Waals surface area contributed by atoms with Crippen LogP contribution in [-0.4, -0.2) is 45.5 Å². The second kappa shape index (κ2) is 5.87. The van der Waals surface area contributed by atoms with Crippen molar-refractivity contribution in [3.63, 3.8) is 0 Å². The Morgan fingerprint density at radius 1 is 1.47 bits per heavy atom.